The van der Waals surface area contributed by atoms with Crippen molar-refractivity contribution in [3.8, 4) is 5.75 Å². The molecule has 0 saturated carbocycles. The van der Waals surface area contributed by atoms with Gasteiger partial charge in [-0.05, 0) is 12.1 Å². The van der Waals surface area contributed by atoms with Crippen molar-refractivity contribution in [1.82, 2.24) is 5.01 Å². The van der Waals surface area contributed by atoms with E-state index in [-0.39, 0.29) is 30.6 Å². The van der Waals surface area contributed by atoms with E-state index in [0.29, 0.717) is 12.3 Å². The molecular weight excluding hydrogens is 331 g/mol. The summed E-state index contributed by atoms with van der Waals surface area (Å²) in [7, 11) is 1.56. The van der Waals surface area contributed by atoms with Crippen LogP contribution in [0.3, 0.4) is 0 Å². The number of ether oxygens (including phenoxy) is 1. The van der Waals surface area contributed by atoms with E-state index < -0.39 is 12.6 Å². The normalized spacial score (nSPS) is 17.5. The summed E-state index contributed by atoms with van der Waals surface area (Å²) >= 11 is 0. The Morgan fingerprint density at radius 1 is 1.39 bits per heavy atom. The zero-order valence-electron chi connectivity index (χ0n) is 12.9. The monoisotopic (exact) mass is 349 g/mol. The SMILES string of the molecule is COc1ccccc1C1=NN(C(=N)CCC(F)(F)F)CC1C.Cl. The fourth-order valence-electron chi connectivity index (χ4n) is 2.35. The fourth-order valence-corrected chi connectivity index (χ4v) is 2.35. The molecule has 0 radical (unpaired) electrons. The van der Waals surface area contributed by atoms with Crippen molar-refractivity contribution in [3.63, 3.8) is 0 Å². The van der Waals surface area contributed by atoms with Crippen molar-refractivity contribution in [1.29, 1.82) is 5.41 Å². The highest BCUT2D eigenvalue weighted by molar-refractivity contribution is 6.06. The van der Waals surface area contributed by atoms with E-state index in [9.17, 15) is 13.2 Å². The fraction of sp³-hybridized carbons (Fsp3) is 0.467. The van der Waals surface area contributed by atoms with Gasteiger partial charge in [-0.25, -0.2) is 0 Å². The predicted molar refractivity (Wildman–Crippen MR) is 85.7 cm³/mol. The van der Waals surface area contributed by atoms with Gasteiger partial charge >= 0.3 is 6.18 Å². The van der Waals surface area contributed by atoms with Gasteiger partial charge in [0.15, 0.2) is 0 Å². The van der Waals surface area contributed by atoms with Gasteiger partial charge in [-0.2, -0.15) is 18.3 Å². The lowest BCUT2D eigenvalue weighted by Crippen LogP contribution is -2.26. The maximum atomic E-state index is 12.3. The first-order chi connectivity index (χ1) is 10.3. The van der Waals surface area contributed by atoms with Gasteiger partial charge in [0.2, 0.25) is 0 Å². The second kappa shape index (κ2) is 7.68. The first-order valence-electron chi connectivity index (χ1n) is 6.95. The molecule has 1 aromatic carbocycles. The Morgan fingerprint density at radius 2 is 2.04 bits per heavy atom. The summed E-state index contributed by atoms with van der Waals surface area (Å²) in [6.07, 6.45) is -5.62. The molecule has 1 aliphatic heterocycles. The number of hydrogen-bond donors (Lipinski definition) is 1. The van der Waals surface area contributed by atoms with E-state index >= 15 is 0 Å². The molecule has 0 aromatic heterocycles. The molecule has 0 saturated heterocycles. The van der Waals surface area contributed by atoms with E-state index in [0.717, 1.165) is 11.3 Å². The number of nitrogens with one attached hydrogen (secondary N) is 1. The molecule has 0 spiro atoms. The average molecular weight is 350 g/mol. The first kappa shape index (κ1) is 19.3. The molecule has 0 amide bonds. The van der Waals surface area contributed by atoms with Gasteiger partial charge in [-0.1, -0.05) is 19.1 Å². The summed E-state index contributed by atoms with van der Waals surface area (Å²) in [5.41, 5.74) is 1.54. The predicted octanol–water partition coefficient (Wildman–Crippen LogP) is 4.09. The molecule has 0 aliphatic carbocycles. The Morgan fingerprint density at radius 3 is 2.65 bits per heavy atom. The van der Waals surface area contributed by atoms with Crippen LogP contribution in [0.1, 0.15) is 25.3 Å². The van der Waals surface area contributed by atoms with Crippen LogP contribution in [0, 0.1) is 11.3 Å². The van der Waals surface area contributed by atoms with Gasteiger partial charge in [0.05, 0.1) is 25.8 Å². The molecule has 1 heterocycles. The van der Waals surface area contributed by atoms with Gasteiger partial charge in [-0.3, -0.25) is 10.4 Å². The van der Waals surface area contributed by atoms with Crippen molar-refractivity contribution >= 4 is 24.0 Å². The number of methoxy groups -OCH3 is 1. The molecule has 23 heavy (non-hydrogen) atoms. The number of halogens is 4. The minimum atomic E-state index is -4.26. The van der Waals surface area contributed by atoms with Crippen molar-refractivity contribution in [3.05, 3.63) is 29.8 Å². The number of rotatable bonds is 4. The maximum absolute atomic E-state index is 12.3. The Bertz CT molecular complexity index is 590. The zero-order valence-corrected chi connectivity index (χ0v) is 13.7. The van der Waals surface area contributed by atoms with Crippen LogP contribution < -0.4 is 4.74 Å². The summed E-state index contributed by atoms with van der Waals surface area (Å²) in [6, 6.07) is 7.36. The van der Waals surface area contributed by atoms with Crippen LogP contribution in [0.4, 0.5) is 13.2 Å². The highest BCUT2D eigenvalue weighted by Gasteiger charge is 2.31. The van der Waals surface area contributed by atoms with Gasteiger partial charge in [0.1, 0.15) is 11.6 Å². The Labute approximate surface area is 139 Å². The number of hydrogen-bond acceptors (Lipinski definition) is 3. The molecule has 8 heteroatoms. The third-order valence-corrected chi connectivity index (χ3v) is 3.48. The number of benzene rings is 1. The molecule has 1 aromatic rings. The van der Waals surface area contributed by atoms with Crippen molar-refractivity contribution in [2.45, 2.75) is 25.9 Å². The quantitative estimate of drug-likeness (QED) is 0.657. The molecule has 2 rings (SSSR count). The number of amidine groups is 1. The molecule has 0 bridgehead atoms. The number of hydrazone groups is 1. The molecular formula is C15H19ClF3N3O. The molecule has 1 aliphatic rings. The van der Waals surface area contributed by atoms with Crippen LogP contribution in [0.25, 0.3) is 0 Å². The van der Waals surface area contributed by atoms with E-state index in [1.807, 2.05) is 31.2 Å². The second-order valence-corrected chi connectivity index (χ2v) is 5.23. The van der Waals surface area contributed by atoms with E-state index in [1.54, 1.807) is 7.11 Å². The van der Waals surface area contributed by atoms with E-state index in [2.05, 4.69) is 5.10 Å². The van der Waals surface area contributed by atoms with Crippen LogP contribution in [-0.2, 0) is 0 Å². The highest BCUT2D eigenvalue weighted by atomic mass is 35.5. The maximum Gasteiger partial charge on any atom is 0.389 e. The minimum Gasteiger partial charge on any atom is -0.496 e. The molecule has 128 valence electrons. The standard InChI is InChI=1S/C15H18F3N3O.ClH/c1-10-9-21(13(19)7-8-15(16,17)18)20-14(10)11-5-3-4-6-12(11)22-2;/h3-6,10,19H,7-9H2,1-2H3;1H. The van der Waals surface area contributed by atoms with Gasteiger partial charge < -0.3 is 4.74 Å². The smallest absolute Gasteiger partial charge is 0.389 e. The largest absolute Gasteiger partial charge is 0.496 e. The molecule has 1 unspecified atom stereocenters. The minimum absolute atomic E-state index is 0. The van der Waals surface area contributed by atoms with Crippen LogP contribution in [-0.4, -0.2) is 36.4 Å². The van der Waals surface area contributed by atoms with Crippen LogP contribution in [0.15, 0.2) is 29.4 Å². The van der Waals surface area contributed by atoms with Crippen LogP contribution >= 0.6 is 12.4 Å². The van der Waals surface area contributed by atoms with Gasteiger partial charge in [0.25, 0.3) is 0 Å². The number of para-hydroxylation sites is 1. The summed E-state index contributed by atoms with van der Waals surface area (Å²) in [5, 5.41) is 13.5. The number of nitrogens with zero attached hydrogens (tertiary/aromatic N) is 2. The topological polar surface area (TPSA) is 48.7 Å². The summed E-state index contributed by atoms with van der Waals surface area (Å²) < 4.78 is 42.0. The lowest BCUT2D eigenvalue weighted by Gasteiger charge is -2.16. The summed E-state index contributed by atoms with van der Waals surface area (Å²) in [5.74, 6) is 0.563. The first-order valence-corrected chi connectivity index (χ1v) is 6.95. The van der Waals surface area contributed by atoms with Gasteiger partial charge in [0, 0.05) is 17.9 Å². The highest BCUT2D eigenvalue weighted by Crippen LogP contribution is 2.28. The van der Waals surface area contributed by atoms with Gasteiger partial charge in [-0.15, -0.1) is 12.4 Å². The second-order valence-electron chi connectivity index (χ2n) is 5.23. The molecule has 4 nitrogen and oxygen atoms in total. The zero-order chi connectivity index (χ0) is 16.3. The lowest BCUT2D eigenvalue weighted by atomic mass is 9.98. The van der Waals surface area contributed by atoms with E-state index in [4.69, 9.17) is 10.1 Å². The lowest BCUT2D eigenvalue weighted by molar-refractivity contribution is -0.133. The van der Waals surface area contributed by atoms with Crippen LogP contribution in [0.5, 0.6) is 5.75 Å². The summed E-state index contributed by atoms with van der Waals surface area (Å²) in [6.45, 7) is 2.34. The van der Waals surface area contributed by atoms with Crippen molar-refractivity contribution in [2.24, 2.45) is 11.0 Å². The Hall–Kier alpha value is -1.76. The molecule has 1 atom stereocenters. The third-order valence-electron chi connectivity index (χ3n) is 3.48. The average Bonchev–Trinajstić information content (AvgIpc) is 2.86. The summed E-state index contributed by atoms with van der Waals surface area (Å²) in [4.78, 5) is 0. The van der Waals surface area contributed by atoms with E-state index in [1.165, 1.54) is 5.01 Å². The Kier molecular flexibility index (Phi) is 6.44. The van der Waals surface area contributed by atoms with Crippen molar-refractivity contribution in [2.75, 3.05) is 13.7 Å². The molecule has 0 fully saturated rings. The Balaban J connectivity index is 0.00000264. The third kappa shape index (κ3) is 4.86. The van der Waals surface area contributed by atoms with Crippen LogP contribution in [0.2, 0.25) is 0 Å². The van der Waals surface area contributed by atoms with Crippen molar-refractivity contribution < 1.29 is 17.9 Å². The molecule has 1 N–H and O–H groups in total. The number of alkyl halides is 3.